The molecule has 0 spiro atoms. The average molecular weight is 189 g/mol. The number of hydrogen-bond donors (Lipinski definition) is 1. The number of aliphatic hydroxyl groups is 1. The van der Waals surface area contributed by atoms with Gasteiger partial charge in [-0.2, -0.15) is 0 Å². The predicted molar refractivity (Wildman–Crippen MR) is 50.6 cm³/mol. The van der Waals surface area contributed by atoms with Gasteiger partial charge < -0.3 is 10.0 Å². The van der Waals surface area contributed by atoms with Gasteiger partial charge in [-0.05, 0) is 18.9 Å². The Morgan fingerprint density at radius 3 is 2.64 bits per heavy atom. The maximum Gasteiger partial charge on any atom is 0.256 e. The second-order valence-electron chi connectivity index (χ2n) is 3.90. The summed E-state index contributed by atoms with van der Waals surface area (Å²) < 4.78 is 0. The maximum absolute atomic E-state index is 11.9. The fraction of sp³-hybridized carbons (Fsp3) is 0.364. The Labute approximate surface area is 82.0 Å². The van der Waals surface area contributed by atoms with Crippen LogP contribution < -0.4 is 0 Å². The van der Waals surface area contributed by atoms with Crippen molar-refractivity contribution in [2.45, 2.75) is 25.1 Å². The Morgan fingerprint density at radius 2 is 2.00 bits per heavy atom. The molecule has 14 heavy (non-hydrogen) atoms. The first kappa shape index (κ1) is 8.00. The molecule has 1 aromatic carbocycles. The lowest BCUT2D eigenvalue weighted by atomic mass is 10.1. The van der Waals surface area contributed by atoms with Crippen LogP contribution in [0.3, 0.4) is 0 Å². The Morgan fingerprint density at radius 1 is 1.29 bits per heavy atom. The number of aliphatic hydroxyl groups excluding tert-OH is 1. The monoisotopic (exact) mass is 189 g/mol. The van der Waals surface area contributed by atoms with E-state index >= 15 is 0 Å². The summed E-state index contributed by atoms with van der Waals surface area (Å²) in [6.07, 6.45) is 1.33. The molecule has 3 nitrogen and oxygen atoms in total. The topological polar surface area (TPSA) is 40.5 Å². The largest absolute Gasteiger partial charge is 0.369 e. The van der Waals surface area contributed by atoms with Gasteiger partial charge in [-0.15, -0.1) is 0 Å². The van der Waals surface area contributed by atoms with E-state index in [0.717, 1.165) is 18.4 Å². The summed E-state index contributed by atoms with van der Waals surface area (Å²) in [7, 11) is 0. The van der Waals surface area contributed by atoms with Crippen LogP contribution >= 0.6 is 0 Å². The summed E-state index contributed by atoms with van der Waals surface area (Å²) in [6, 6.07) is 7.56. The summed E-state index contributed by atoms with van der Waals surface area (Å²) in [4.78, 5) is 13.5. The van der Waals surface area contributed by atoms with Crippen molar-refractivity contribution in [2.75, 3.05) is 0 Å². The summed E-state index contributed by atoms with van der Waals surface area (Å²) in [5.74, 6) is -0.0180. The Bertz CT molecular complexity index is 398. The smallest absolute Gasteiger partial charge is 0.256 e. The number of nitrogens with zero attached hydrogens (tertiary/aromatic N) is 1. The van der Waals surface area contributed by atoms with Crippen LogP contribution in [-0.4, -0.2) is 22.0 Å². The van der Waals surface area contributed by atoms with Crippen LogP contribution in [0.2, 0.25) is 0 Å². The number of rotatable bonds is 1. The van der Waals surface area contributed by atoms with Crippen LogP contribution in [0.5, 0.6) is 0 Å². The summed E-state index contributed by atoms with van der Waals surface area (Å²) in [5, 5.41) is 9.93. The molecule has 1 amide bonds. The number of benzene rings is 1. The van der Waals surface area contributed by atoms with Gasteiger partial charge in [0.2, 0.25) is 0 Å². The number of fused-ring (bicyclic) bond motifs is 1. The third-order valence-corrected chi connectivity index (χ3v) is 2.91. The molecule has 1 aromatic rings. The molecule has 2 aliphatic rings. The first-order valence-electron chi connectivity index (χ1n) is 4.88. The van der Waals surface area contributed by atoms with Gasteiger partial charge in [-0.3, -0.25) is 4.79 Å². The molecule has 1 unspecified atom stereocenters. The van der Waals surface area contributed by atoms with E-state index in [1.165, 1.54) is 0 Å². The van der Waals surface area contributed by atoms with Gasteiger partial charge >= 0.3 is 0 Å². The van der Waals surface area contributed by atoms with Crippen LogP contribution in [0, 0.1) is 0 Å². The second kappa shape index (κ2) is 2.58. The quantitative estimate of drug-likeness (QED) is 0.723. The molecular weight excluding hydrogens is 178 g/mol. The van der Waals surface area contributed by atoms with Crippen molar-refractivity contribution >= 4 is 5.91 Å². The fourth-order valence-corrected chi connectivity index (χ4v) is 2.04. The predicted octanol–water partition coefficient (Wildman–Crippen LogP) is 1.30. The molecule has 1 atom stereocenters. The first-order chi connectivity index (χ1) is 6.79. The highest BCUT2D eigenvalue weighted by atomic mass is 16.3. The molecule has 1 aliphatic carbocycles. The molecule has 1 saturated carbocycles. The SMILES string of the molecule is O=C1c2ccccc2C(O)N1C1CC1. The van der Waals surface area contributed by atoms with Crippen molar-refractivity contribution in [3.05, 3.63) is 35.4 Å². The van der Waals surface area contributed by atoms with Crippen LogP contribution in [-0.2, 0) is 0 Å². The van der Waals surface area contributed by atoms with Gasteiger partial charge in [0, 0.05) is 17.2 Å². The van der Waals surface area contributed by atoms with Crippen LogP contribution in [0.4, 0.5) is 0 Å². The van der Waals surface area contributed by atoms with Gasteiger partial charge in [-0.25, -0.2) is 0 Å². The molecule has 1 aliphatic heterocycles. The van der Waals surface area contributed by atoms with E-state index < -0.39 is 6.23 Å². The van der Waals surface area contributed by atoms with E-state index in [1.54, 1.807) is 11.0 Å². The first-order valence-corrected chi connectivity index (χ1v) is 4.88. The standard InChI is InChI=1S/C11H11NO2/c13-10-8-3-1-2-4-9(8)11(14)12(10)7-5-6-7/h1-4,7,10,13H,5-6H2. The Hall–Kier alpha value is -1.35. The summed E-state index contributed by atoms with van der Waals surface area (Å²) in [5.41, 5.74) is 1.41. The molecule has 0 aromatic heterocycles. The molecule has 1 heterocycles. The van der Waals surface area contributed by atoms with Gasteiger partial charge in [0.15, 0.2) is 6.23 Å². The number of amides is 1. The molecule has 0 bridgehead atoms. The van der Waals surface area contributed by atoms with Crippen LogP contribution in [0.1, 0.15) is 35.0 Å². The van der Waals surface area contributed by atoms with Gasteiger partial charge in [0.25, 0.3) is 5.91 Å². The highest BCUT2D eigenvalue weighted by Crippen LogP contribution is 2.40. The zero-order chi connectivity index (χ0) is 9.71. The fourth-order valence-electron chi connectivity index (χ4n) is 2.04. The van der Waals surface area contributed by atoms with E-state index in [2.05, 4.69) is 0 Å². The minimum absolute atomic E-state index is 0.0180. The minimum Gasteiger partial charge on any atom is -0.369 e. The highest BCUT2D eigenvalue weighted by Gasteiger charge is 2.43. The second-order valence-corrected chi connectivity index (χ2v) is 3.90. The molecule has 0 radical (unpaired) electrons. The van der Waals surface area contributed by atoms with E-state index in [9.17, 15) is 9.90 Å². The van der Waals surface area contributed by atoms with E-state index in [4.69, 9.17) is 0 Å². The van der Waals surface area contributed by atoms with Crippen molar-refractivity contribution in [3.8, 4) is 0 Å². The van der Waals surface area contributed by atoms with E-state index in [0.29, 0.717) is 5.56 Å². The maximum atomic E-state index is 11.9. The van der Waals surface area contributed by atoms with E-state index in [1.807, 2.05) is 18.2 Å². The van der Waals surface area contributed by atoms with Crippen molar-refractivity contribution in [1.82, 2.24) is 4.90 Å². The lowest BCUT2D eigenvalue weighted by Gasteiger charge is -2.19. The zero-order valence-corrected chi connectivity index (χ0v) is 7.68. The van der Waals surface area contributed by atoms with E-state index in [-0.39, 0.29) is 11.9 Å². The van der Waals surface area contributed by atoms with Crippen LogP contribution in [0.25, 0.3) is 0 Å². The van der Waals surface area contributed by atoms with Crippen molar-refractivity contribution < 1.29 is 9.90 Å². The van der Waals surface area contributed by atoms with Crippen molar-refractivity contribution in [2.24, 2.45) is 0 Å². The highest BCUT2D eigenvalue weighted by molar-refractivity contribution is 5.99. The van der Waals surface area contributed by atoms with Crippen molar-refractivity contribution in [1.29, 1.82) is 0 Å². The minimum atomic E-state index is -0.716. The van der Waals surface area contributed by atoms with Gasteiger partial charge in [0.1, 0.15) is 0 Å². The van der Waals surface area contributed by atoms with Gasteiger partial charge in [0.05, 0.1) is 0 Å². The number of carbonyl (C=O) groups excluding carboxylic acids is 1. The van der Waals surface area contributed by atoms with Gasteiger partial charge in [-0.1, -0.05) is 18.2 Å². The number of hydrogen-bond acceptors (Lipinski definition) is 2. The molecule has 0 saturated heterocycles. The molecule has 1 N–H and O–H groups in total. The summed E-state index contributed by atoms with van der Waals surface area (Å²) in [6.45, 7) is 0. The number of carbonyl (C=O) groups is 1. The molecule has 72 valence electrons. The van der Waals surface area contributed by atoms with Crippen molar-refractivity contribution in [3.63, 3.8) is 0 Å². The third kappa shape index (κ3) is 0.930. The molecule has 3 heteroatoms. The third-order valence-electron chi connectivity index (χ3n) is 2.91. The Balaban J connectivity index is 2.07. The lowest BCUT2D eigenvalue weighted by molar-refractivity contribution is 0.0137. The molecular formula is C11H11NO2. The lowest BCUT2D eigenvalue weighted by Crippen LogP contribution is -2.29. The zero-order valence-electron chi connectivity index (χ0n) is 7.68. The summed E-state index contributed by atoms with van der Waals surface area (Å²) >= 11 is 0. The molecule has 1 fully saturated rings. The van der Waals surface area contributed by atoms with Crippen LogP contribution in [0.15, 0.2) is 24.3 Å². The average Bonchev–Trinajstić information content (AvgIpc) is 2.99. The molecule has 3 rings (SSSR count). The normalized spacial score (nSPS) is 25.4. The Kier molecular flexibility index (Phi) is 1.47.